The van der Waals surface area contributed by atoms with E-state index in [1.165, 1.54) is 0 Å². The number of rotatable bonds is 4. The van der Waals surface area contributed by atoms with Crippen LogP contribution in [0.15, 0.2) is 71.4 Å². The van der Waals surface area contributed by atoms with Gasteiger partial charge in [-0.25, -0.2) is 8.42 Å². The van der Waals surface area contributed by atoms with E-state index in [0.29, 0.717) is 29.0 Å². The molecule has 1 heterocycles. The van der Waals surface area contributed by atoms with Gasteiger partial charge in [0.2, 0.25) is 0 Å². The standard InChI is InChI=1S/C22H26N2O3S/c1-22(2,3)17-11-9-16(10-12-17)21(25)24-18-13-14-20(23-15-18)28(26,27)19-7-5-4-6-8-19/h4-12,15,20,23H,13-14H2,1-3H3,(H,24,25). The summed E-state index contributed by atoms with van der Waals surface area (Å²) in [4.78, 5) is 12.8. The van der Waals surface area contributed by atoms with Crippen LogP contribution in [0.2, 0.25) is 0 Å². The van der Waals surface area contributed by atoms with Crippen LogP contribution in [0.4, 0.5) is 0 Å². The second-order valence-corrected chi connectivity index (χ2v) is 10.1. The first-order valence-electron chi connectivity index (χ1n) is 9.34. The van der Waals surface area contributed by atoms with E-state index in [4.69, 9.17) is 0 Å². The van der Waals surface area contributed by atoms with Crippen molar-refractivity contribution in [3.63, 3.8) is 0 Å². The summed E-state index contributed by atoms with van der Waals surface area (Å²) >= 11 is 0. The molecule has 0 aliphatic carbocycles. The highest BCUT2D eigenvalue weighted by Crippen LogP contribution is 2.23. The van der Waals surface area contributed by atoms with Crippen molar-refractivity contribution in [2.75, 3.05) is 0 Å². The zero-order chi connectivity index (χ0) is 20.4. The van der Waals surface area contributed by atoms with Gasteiger partial charge >= 0.3 is 0 Å². The predicted octanol–water partition coefficient (Wildman–Crippen LogP) is 3.74. The third kappa shape index (κ3) is 4.44. The Morgan fingerprint density at radius 3 is 2.21 bits per heavy atom. The number of benzene rings is 2. The van der Waals surface area contributed by atoms with E-state index in [1.807, 2.05) is 24.3 Å². The maximum absolute atomic E-state index is 12.7. The van der Waals surface area contributed by atoms with E-state index in [9.17, 15) is 13.2 Å². The lowest BCUT2D eigenvalue weighted by Crippen LogP contribution is -2.38. The molecule has 28 heavy (non-hydrogen) atoms. The summed E-state index contributed by atoms with van der Waals surface area (Å²) < 4.78 is 25.3. The molecule has 0 radical (unpaired) electrons. The number of sulfone groups is 1. The molecule has 1 unspecified atom stereocenters. The van der Waals surface area contributed by atoms with E-state index >= 15 is 0 Å². The lowest BCUT2D eigenvalue weighted by molar-refractivity contribution is 0.0963. The molecule has 2 N–H and O–H groups in total. The smallest absolute Gasteiger partial charge is 0.255 e. The van der Waals surface area contributed by atoms with Crippen molar-refractivity contribution in [2.45, 2.75) is 49.3 Å². The Morgan fingerprint density at radius 1 is 1.04 bits per heavy atom. The van der Waals surface area contributed by atoms with Gasteiger partial charge in [0, 0.05) is 17.5 Å². The summed E-state index contributed by atoms with van der Waals surface area (Å²) in [5.74, 6) is -0.196. The van der Waals surface area contributed by atoms with Crippen LogP contribution in [0, 0.1) is 0 Å². The number of nitrogens with one attached hydrogen (secondary N) is 2. The zero-order valence-corrected chi connectivity index (χ0v) is 17.2. The van der Waals surface area contributed by atoms with Crippen LogP contribution in [0.3, 0.4) is 0 Å². The molecule has 0 saturated heterocycles. The van der Waals surface area contributed by atoms with Gasteiger partial charge in [-0.1, -0.05) is 51.1 Å². The maximum Gasteiger partial charge on any atom is 0.255 e. The first-order chi connectivity index (χ1) is 13.2. The van der Waals surface area contributed by atoms with Crippen LogP contribution in [0.1, 0.15) is 49.5 Å². The Labute approximate surface area is 166 Å². The lowest BCUT2D eigenvalue weighted by atomic mass is 9.86. The lowest BCUT2D eigenvalue weighted by Gasteiger charge is -2.24. The molecule has 0 bridgehead atoms. The molecule has 1 aliphatic heterocycles. The Hall–Kier alpha value is -2.60. The fourth-order valence-electron chi connectivity index (χ4n) is 3.09. The monoisotopic (exact) mass is 398 g/mol. The van der Waals surface area contributed by atoms with Crippen molar-refractivity contribution in [3.8, 4) is 0 Å². The summed E-state index contributed by atoms with van der Waals surface area (Å²) in [5, 5.41) is 5.11. The van der Waals surface area contributed by atoms with Crippen LogP contribution in [-0.2, 0) is 15.3 Å². The molecule has 2 aromatic carbocycles. The Morgan fingerprint density at radius 2 is 1.68 bits per heavy atom. The Balaban J connectivity index is 1.65. The van der Waals surface area contributed by atoms with Crippen molar-refractivity contribution in [1.82, 2.24) is 10.6 Å². The van der Waals surface area contributed by atoms with Crippen molar-refractivity contribution in [2.24, 2.45) is 0 Å². The molecule has 5 nitrogen and oxygen atoms in total. The predicted molar refractivity (Wildman–Crippen MR) is 110 cm³/mol. The maximum atomic E-state index is 12.7. The Bertz CT molecular complexity index is 973. The molecule has 1 aliphatic rings. The first kappa shape index (κ1) is 20.1. The van der Waals surface area contributed by atoms with Gasteiger partial charge in [0.1, 0.15) is 5.37 Å². The zero-order valence-electron chi connectivity index (χ0n) is 16.4. The third-order valence-corrected chi connectivity index (χ3v) is 6.90. The van der Waals surface area contributed by atoms with E-state index < -0.39 is 15.2 Å². The van der Waals surface area contributed by atoms with E-state index in [2.05, 4.69) is 31.4 Å². The fraction of sp³-hybridized carbons (Fsp3) is 0.318. The van der Waals surface area contributed by atoms with Crippen molar-refractivity contribution >= 4 is 15.7 Å². The van der Waals surface area contributed by atoms with Gasteiger partial charge in [-0.3, -0.25) is 4.79 Å². The number of carbonyl (C=O) groups is 1. The molecule has 1 amide bonds. The SMILES string of the molecule is CC(C)(C)c1ccc(C(=O)NC2=CNC(S(=O)(=O)c3ccccc3)CC2)cc1. The third-order valence-electron chi connectivity index (χ3n) is 4.85. The molecule has 6 heteroatoms. The molecule has 1 atom stereocenters. The van der Waals surface area contributed by atoms with Crippen LogP contribution in [0.25, 0.3) is 0 Å². The van der Waals surface area contributed by atoms with Crippen LogP contribution in [-0.4, -0.2) is 19.7 Å². The summed E-state index contributed by atoms with van der Waals surface area (Å²) in [6.45, 7) is 6.38. The Kier molecular flexibility index (Phi) is 5.61. The highest BCUT2D eigenvalue weighted by Gasteiger charge is 2.29. The minimum absolute atomic E-state index is 0.0318. The second-order valence-electron chi connectivity index (χ2n) is 8.00. The average Bonchev–Trinajstić information content (AvgIpc) is 2.68. The number of hydrogen-bond donors (Lipinski definition) is 2. The molecular formula is C22H26N2O3S. The van der Waals surface area contributed by atoms with Crippen molar-refractivity contribution < 1.29 is 13.2 Å². The number of hydrogen-bond acceptors (Lipinski definition) is 4. The van der Waals surface area contributed by atoms with Crippen LogP contribution < -0.4 is 10.6 Å². The quantitative estimate of drug-likeness (QED) is 0.823. The van der Waals surface area contributed by atoms with E-state index in [-0.39, 0.29) is 11.3 Å². The fourth-order valence-corrected chi connectivity index (χ4v) is 4.63. The molecule has 0 aromatic heterocycles. The molecule has 148 valence electrons. The normalized spacial score (nSPS) is 17.4. The summed E-state index contributed by atoms with van der Waals surface area (Å²) in [6, 6.07) is 16.0. The number of amides is 1. The van der Waals surface area contributed by atoms with Gasteiger partial charge in [0.05, 0.1) is 4.90 Å². The van der Waals surface area contributed by atoms with Gasteiger partial charge in [-0.05, 0) is 48.1 Å². The molecular weight excluding hydrogens is 372 g/mol. The summed E-state index contributed by atoms with van der Waals surface area (Å²) in [6.07, 6.45) is 2.47. The van der Waals surface area contributed by atoms with E-state index in [0.717, 1.165) is 5.56 Å². The first-order valence-corrected chi connectivity index (χ1v) is 10.9. The topological polar surface area (TPSA) is 75.3 Å². The van der Waals surface area contributed by atoms with Gasteiger partial charge in [-0.2, -0.15) is 0 Å². The number of carbonyl (C=O) groups excluding carboxylic acids is 1. The molecule has 2 aromatic rings. The average molecular weight is 399 g/mol. The second kappa shape index (κ2) is 7.80. The van der Waals surface area contributed by atoms with Crippen LogP contribution >= 0.6 is 0 Å². The van der Waals surface area contributed by atoms with Gasteiger partial charge in [-0.15, -0.1) is 0 Å². The van der Waals surface area contributed by atoms with Gasteiger partial charge in [0.25, 0.3) is 5.91 Å². The summed E-state index contributed by atoms with van der Waals surface area (Å²) in [5.41, 5.74) is 2.46. The van der Waals surface area contributed by atoms with E-state index in [1.54, 1.807) is 36.5 Å². The summed E-state index contributed by atoms with van der Waals surface area (Å²) in [7, 11) is -3.45. The molecule has 0 spiro atoms. The van der Waals surface area contributed by atoms with Gasteiger partial charge < -0.3 is 10.6 Å². The van der Waals surface area contributed by atoms with Crippen LogP contribution in [0.5, 0.6) is 0 Å². The minimum atomic E-state index is -3.45. The number of allylic oxidation sites excluding steroid dienone is 1. The highest BCUT2D eigenvalue weighted by molar-refractivity contribution is 7.92. The van der Waals surface area contributed by atoms with Crippen molar-refractivity contribution in [1.29, 1.82) is 0 Å². The minimum Gasteiger partial charge on any atom is -0.373 e. The van der Waals surface area contributed by atoms with Gasteiger partial charge in [0.15, 0.2) is 9.84 Å². The van der Waals surface area contributed by atoms with Crippen molar-refractivity contribution in [3.05, 3.63) is 77.6 Å². The molecule has 0 fully saturated rings. The largest absolute Gasteiger partial charge is 0.373 e. The highest BCUT2D eigenvalue weighted by atomic mass is 32.2. The molecule has 0 saturated carbocycles. The molecule has 3 rings (SSSR count).